The first kappa shape index (κ1) is 13.9. The standard InChI is InChI=1S/C12H20N2O3/c1-16-8-9-17-7-3-2-6-14-11(15)12(10-13)4-5-12/h2-9H2,1H3,(H,14,15). The number of methoxy groups -OCH3 is 1. The third-order valence-corrected chi connectivity index (χ3v) is 2.83. The second-order valence-electron chi connectivity index (χ2n) is 4.26. The molecule has 0 aromatic rings. The van der Waals surface area contributed by atoms with Gasteiger partial charge in [0, 0.05) is 20.3 Å². The van der Waals surface area contributed by atoms with Crippen LogP contribution in [0.3, 0.4) is 0 Å². The summed E-state index contributed by atoms with van der Waals surface area (Å²) in [5, 5.41) is 11.6. The van der Waals surface area contributed by atoms with E-state index < -0.39 is 5.41 Å². The molecule has 0 aromatic carbocycles. The molecule has 1 fully saturated rings. The largest absolute Gasteiger partial charge is 0.382 e. The van der Waals surface area contributed by atoms with Crippen LogP contribution in [0.4, 0.5) is 0 Å². The molecule has 0 aromatic heterocycles. The smallest absolute Gasteiger partial charge is 0.240 e. The zero-order valence-electron chi connectivity index (χ0n) is 10.3. The molecule has 1 amide bonds. The molecule has 0 bridgehead atoms. The molecule has 17 heavy (non-hydrogen) atoms. The van der Waals surface area contributed by atoms with Crippen molar-refractivity contribution in [2.75, 3.05) is 33.5 Å². The molecular formula is C12H20N2O3. The summed E-state index contributed by atoms with van der Waals surface area (Å²) < 4.78 is 10.1. The SMILES string of the molecule is COCCOCCCCNC(=O)C1(C#N)CC1. The van der Waals surface area contributed by atoms with E-state index in [4.69, 9.17) is 14.7 Å². The van der Waals surface area contributed by atoms with E-state index in [0.29, 0.717) is 39.2 Å². The first-order valence-electron chi connectivity index (χ1n) is 6.01. The average molecular weight is 240 g/mol. The summed E-state index contributed by atoms with van der Waals surface area (Å²) in [6.45, 7) is 2.53. The monoisotopic (exact) mass is 240 g/mol. The van der Waals surface area contributed by atoms with Crippen molar-refractivity contribution in [1.82, 2.24) is 5.32 Å². The molecule has 5 heteroatoms. The number of ether oxygens (including phenoxy) is 2. The Bertz CT molecular complexity index is 282. The molecule has 0 saturated heterocycles. The van der Waals surface area contributed by atoms with Crippen molar-refractivity contribution < 1.29 is 14.3 Å². The highest BCUT2D eigenvalue weighted by Crippen LogP contribution is 2.44. The number of nitrogens with one attached hydrogen (secondary N) is 1. The van der Waals surface area contributed by atoms with Crippen LogP contribution in [0.15, 0.2) is 0 Å². The normalized spacial score (nSPS) is 16.2. The quantitative estimate of drug-likeness (QED) is 0.606. The number of amides is 1. The molecule has 1 saturated carbocycles. The third-order valence-electron chi connectivity index (χ3n) is 2.83. The van der Waals surface area contributed by atoms with E-state index in [9.17, 15) is 4.79 Å². The Labute approximate surface area is 102 Å². The summed E-state index contributed by atoms with van der Waals surface area (Å²) in [5.74, 6) is -0.111. The predicted molar refractivity (Wildman–Crippen MR) is 62.2 cm³/mol. The van der Waals surface area contributed by atoms with Crippen LogP contribution in [0.25, 0.3) is 0 Å². The lowest BCUT2D eigenvalue weighted by molar-refractivity contribution is -0.124. The van der Waals surface area contributed by atoms with Gasteiger partial charge in [0.2, 0.25) is 5.91 Å². The molecule has 0 radical (unpaired) electrons. The summed E-state index contributed by atoms with van der Waals surface area (Å²) >= 11 is 0. The molecule has 0 heterocycles. The lowest BCUT2D eigenvalue weighted by Crippen LogP contribution is -2.32. The van der Waals surface area contributed by atoms with E-state index in [1.54, 1.807) is 7.11 Å². The molecule has 1 rings (SSSR count). The number of carbonyl (C=O) groups excluding carboxylic acids is 1. The predicted octanol–water partition coefficient (Wildman–Crippen LogP) is 0.850. The Morgan fingerprint density at radius 3 is 2.71 bits per heavy atom. The maximum atomic E-state index is 11.6. The van der Waals surface area contributed by atoms with Crippen LogP contribution in [0.5, 0.6) is 0 Å². The fourth-order valence-electron chi connectivity index (χ4n) is 1.46. The lowest BCUT2D eigenvalue weighted by atomic mass is 10.1. The van der Waals surface area contributed by atoms with Crippen molar-refractivity contribution in [3.05, 3.63) is 0 Å². The van der Waals surface area contributed by atoms with Gasteiger partial charge in [-0.3, -0.25) is 4.79 Å². The first-order valence-corrected chi connectivity index (χ1v) is 6.01. The Hall–Kier alpha value is -1.12. The minimum Gasteiger partial charge on any atom is -0.382 e. The van der Waals surface area contributed by atoms with Gasteiger partial charge in [-0.25, -0.2) is 0 Å². The molecule has 1 aliphatic carbocycles. The molecule has 1 N–H and O–H groups in total. The Morgan fingerprint density at radius 2 is 2.12 bits per heavy atom. The maximum absolute atomic E-state index is 11.6. The number of rotatable bonds is 9. The van der Waals surface area contributed by atoms with Gasteiger partial charge in [-0.15, -0.1) is 0 Å². The number of unbranched alkanes of at least 4 members (excludes halogenated alkanes) is 1. The molecule has 1 aliphatic rings. The molecule has 0 spiro atoms. The zero-order valence-corrected chi connectivity index (χ0v) is 10.3. The second kappa shape index (κ2) is 7.25. The number of carbonyl (C=O) groups is 1. The first-order chi connectivity index (χ1) is 8.25. The summed E-state index contributed by atoms with van der Waals surface area (Å²) in [6.07, 6.45) is 3.19. The van der Waals surface area contributed by atoms with Crippen LogP contribution >= 0.6 is 0 Å². The van der Waals surface area contributed by atoms with E-state index >= 15 is 0 Å². The zero-order chi connectivity index (χ0) is 12.6. The number of hydrogen-bond acceptors (Lipinski definition) is 4. The second-order valence-corrected chi connectivity index (χ2v) is 4.26. The van der Waals surface area contributed by atoms with E-state index in [-0.39, 0.29) is 5.91 Å². The van der Waals surface area contributed by atoms with Crippen molar-refractivity contribution in [2.45, 2.75) is 25.7 Å². The lowest BCUT2D eigenvalue weighted by Gasteiger charge is -2.08. The van der Waals surface area contributed by atoms with Crippen LogP contribution in [0.2, 0.25) is 0 Å². The topological polar surface area (TPSA) is 71.3 Å². The van der Waals surface area contributed by atoms with Crippen LogP contribution in [-0.2, 0) is 14.3 Å². The van der Waals surface area contributed by atoms with Gasteiger partial charge in [-0.1, -0.05) is 0 Å². The Balaban J connectivity index is 1.91. The highest BCUT2D eigenvalue weighted by Gasteiger charge is 2.50. The third kappa shape index (κ3) is 4.72. The highest BCUT2D eigenvalue weighted by molar-refractivity contribution is 5.88. The summed E-state index contributed by atoms with van der Waals surface area (Å²) in [5.41, 5.74) is -0.699. The number of nitriles is 1. The van der Waals surface area contributed by atoms with Crippen LogP contribution < -0.4 is 5.32 Å². The van der Waals surface area contributed by atoms with Gasteiger partial charge in [0.25, 0.3) is 0 Å². The van der Waals surface area contributed by atoms with Crippen molar-refractivity contribution >= 4 is 5.91 Å². The number of nitrogens with zero attached hydrogens (tertiary/aromatic N) is 1. The van der Waals surface area contributed by atoms with Gasteiger partial charge in [0.1, 0.15) is 5.41 Å². The number of hydrogen-bond donors (Lipinski definition) is 1. The molecular weight excluding hydrogens is 220 g/mol. The van der Waals surface area contributed by atoms with Gasteiger partial charge in [0.05, 0.1) is 19.3 Å². The van der Waals surface area contributed by atoms with Crippen LogP contribution in [-0.4, -0.2) is 39.4 Å². The molecule has 0 atom stereocenters. The van der Waals surface area contributed by atoms with Crippen molar-refractivity contribution in [3.8, 4) is 6.07 Å². The minimum atomic E-state index is -0.699. The van der Waals surface area contributed by atoms with E-state index in [2.05, 4.69) is 11.4 Å². The van der Waals surface area contributed by atoms with Gasteiger partial charge in [-0.2, -0.15) is 5.26 Å². The van der Waals surface area contributed by atoms with E-state index in [1.807, 2.05) is 0 Å². The van der Waals surface area contributed by atoms with Crippen LogP contribution in [0, 0.1) is 16.7 Å². The fraction of sp³-hybridized carbons (Fsp3) is 0.833. The molecule has 0 aliphatic heterocycles. The highest BCUT2D eigenvalue weighted by atomic mass is 16.5. The van der Waals surface area contributed by atoms with Crippen molar-refractivity contribution in [2.24, 2.45) is 5.41 Å². The van der Waals surface area contributed by atoms with Crippen LogP contribution in [0.1, 0.15) is 25.7 Å². The van der Waals surface area contributed by atoms with Gasteiger partial charge in [0.15, 0.2) is 0 Å². The summed E-state index contributed by atoms with van der Waals surface area (Å²) in [4.78, 5) is 11.6. The maximum Gasteiger partial charge on any atom is 0.240 e. The minimum absolute atomic E-state index is 0.111. The molecule has 5 nitrogen and oxygen atoms in total. The Morgan fingerprint density at radius 1 is 1.35 bits per heavy atom. The molecule has 0 unspecified atom stereocenters. The average Bonchev–Trinajstić information content (AvgIpc) is 3.13. The van der Waals surface area contributed by atoms with E-state index in [0.717, 1.165) is 12.8 Å². The summed E-state index contributed by atoms with van der Waals surface area (Å²) in [7, 11) is 1.64. The van der Waals surface area contributed by atoms with Gasteiger partial charge >= 0.3 is 0 Å². The Kier molecular flexibility index (Phi) is 5.95. The molecule has 96 valence electrons. The fourth-order valence-corrected chi connectivity index (χ4v) is 1.46. The van der Waals surface area contributed by atoms with Crippen molar-refractivity contribution in [3.63, 3.8) is 0 Å². The summed E-state index contributed by atoms with van der Waals surface area (Å²) in [6, 6.07) is 2.08. The van der Waals surface area contributed by atoms with Gasteiger partial charge in [-0.05, 0) is 25.7 Å². The van der Waals surface area contributed by atoms with Gasteiger partial charge < -0.3 is 14.8 Å². The van der Waals surface area contributed by atoms with Crippen molar-refractivity contribution in [1.29, 1.82) is 5.26 Å². The van der Waals surface area contributed by atoms with E-state index in [1.165, 1.54) is 0 Å².